The van der Waals surface area contributed by atoms with Crippen molar-refractivity contribution < 1.29 is 13.2 Å². The summed E-state index contributed by atoms with van der Waals surface area (Å²) in [6, 6.07) is 9.70. The number of nitrogens with zero attached hydrogens (tertiary/aromatic N) is 1. The molecule has 7 heteroatoms. The molecule has 0 bridgehead atoms. The highest BCUT2D eigenvalue weighted by Gasteiger charge is 2.25. The molecule has 1 saturated heterocycles. The van der Waals surface area contributed by atoms with E-state index in [0.717, 1.165) is 19.1 Å². The minimum Gasteiger partial charge on any atom is -0.337 e. The molecule has 2 atom stereocenters. The van der Waals surface area contributed by atoms with E-state index in [1.807, 2.05) is 30.3 Å². The Kier molecular flexibility index (Phi) is 6.01. The smallest absolute Gasteiger partial charge is 0.317 e. The Labute approximate surface area is 138 Å². The molecule has 2 N–H and O–H groups in total. The van der Waals surface area contributed by atoms with Crippen LogP contribution in [-0.2, 0) is 10.0 Å². The molecule has 0 aliphatic carbocycles. The number of piperidine rings is 1. The van der Waals surface area contributed by atoms with Gasteiger partial charge >= 0.3 is 6.03 Å². The van der Waals surface area contributed by atoms with E-state index in [9.17, 15) is 13.2 Å². The first kappa shape index (κ1) is 17.7. The van der Waals surface area contributed by atoms with Crippen LogP contribution in [0.5, 0.6) is 0 Å². The van der Waals surface area contributed by atoms with E-state index in [-0.39, 0.29) is 18.0 Å². The highest BCUT2D eigenvalue weighted by Crippen LogP contribution is 2.14. The van der Waals surface area contributed by atoms with E-state index in [1.54, 1.807) is 4.90 Å². The van der Waals surface area contributed by atoms with Crippen molar-refractivity contribution in [3.05, 3.63) is 35.9 Å². The number of hydrogen-bond acceptors (Lipinski definition) is 3. The first-order valence-electron chi connectivity index (χ1n) is 7.90. The normalized spacial score (nSPS) is 20.1. The Balaban J connectivity index is 1.83. The SMILES string of the molecule is CC(CNC(=O)N1CCCC(NS(C)(=O)=O)C1)c1ccccc1. The van der Waals surface area contributed by atoms with Gasteiger partial charge in [0.1, 0.15) is 0 Å². The highest BCUT2D eigenvalue weighted by atomic mass is 32.2. The highest BCUT2D eigenvalue weighted by molar-refractivity contribution is 7.88. The average Bonchev–Trinajstić information content (AvgIpc) is 2.51. The van der Waals surface area contributed by atoms with Gasteiger partial charge in [-0.1, -0.05) is 37.3 Å². The third kappa shape index (κ3) is 5.84. The number of benzene rings is 1. The zero-order valence-corrected chi connectivity index (χ0v) is 14.5. The van der Waals surface area contributed by atoms with E-state index in [0.29, 0.717) is 19.6 Å². The molecule has 1 aliphatic rings. The molecule has 6 nitrogen and oxygen atoms in total. The number of rotatable bonds is 5. The molecule has 1 aliphatic heterocycles. The second-order valence-corrected chi connectivity index (χ2v) is 7.95. The van der Waals surface area contributed by atoms with E-state index in [2.05, 4.69) is 17.0 Å². The molecule has 0 aromatic heterocycles. The van der Waals surface area contributed by atoms with Gasteiger partial charge in [-0.3, -0.25) is 0 Å². The molecule has 2 unspecified atom stereocenters. The van der Waals surface area contributed by atoms with E-state index < -0.39 is 10.0 Å². The van der Waals surface area contributed by atoms with Gasteiger partial charge in [-0.05, 0) is 24.3 Å². The topological polar surface area (TPSA) is 78.5 Å². The lowest BCUT2D eigenvalue weighted by atomic mass is 10.0. The fourth-order valence-electron chi connectivity index (χ4n) is 2.81. The summed E-state index contributed by atoms with van der Waals surface area (Å²) in [4.78, 5) is 14.0. The molecule has 1 aromatic carbocycles. The van der Waals surface area contributed by atoms with Gasteiger partial charge in [-0.15, -0.1) is 0 Å². The van der Waals surface area contributed by atoms with Gasteiger partial charge < -0.3 is 10.2 Å². The molecule has 23 heavy (non-hydrogen) atoms. The average molecular weight is 339 g/mol. The van der Waals surface area contributed by atoms with Crippen LogP contribution in [0.1, 0.15) is 31.2 Å². The molecular weight excluding hydrogens is 314 g/mol. The standard InChI is InChI=1S/C16H25N3O3S/c1-13(14-7-4-3-5-8-14)11-17-16(20)19-10-6-9-15(12-19)18-23(2,21)22/h3-5,7-8,13,15,18H,6,9-12H2,1-2H3,(H,17,20). The van der Waals surface area contributed by atoms with Gasteiger partial charge in [0, 0.05) is 25.7 Å². The van der Waals surface area contributed by atoms with Crippen LogP contribution in [0.15, 0.2) is 30.3 Å². The zero-order chi connectivity index (χ0) is 16.9. The van der Waals surface area contributed by atoms with Crippen molar-refractivity contribution in [2.75, 3.05) is 25.9 Å². The van der Waals surface area contributed by atoms with Gasteiger partial charge in [0.2, 0.25) is 10.0 Å². The van der Waals surface area contributed by atoms with Crippen molar-refractivity contribution in [1.29, 1.82) is 0 Å². The predicted molar refractivity (Wildman–Crippen MR) is 90.8 cm³/mol. The molecule has 1 fully saturated rings. The summed E-state index contributed by atoms with van der Waals surface area (Å²) in [5.74, 6) is 0.231. The van der Waals surface area contributed by atoms with Crippen LogP contribution in [0.4, 0.5) is 4.79 Å². The van der Waals surface area contributed by atoms with E-state index in [4.69, 9.17) is 0 Å². The summed E-state index contributed by atoms with van der Waals surface area (Å²) in [5.41, 5.74) is 1.18. The maximum Gasteiger partial charge on any atom is 0.317 e. The fourth-order valence-corrected chi connectivity index (χ4v) is 3.61. The van der Waals surface area contributed by atoms with Crippen molar-refractivity contribution in [2.45, 2.75) is 31.7 Å². The Bertz CT molecular complexity index is 619. The molecule has 0 spiro atoms. The number of sulfonamides is 1. The second-order valence-electron chi connectivity index (χ2n) is 6.17. The van der Waals surface area contributed by atoms with Crippen molar-refractivity contribution in [3.63, 3.8) is 0 Å². The van der Waals surface area contributed by atoms with E-state index >= 15 is 0 Å². The van der Waals surface area contributed by atoms with Crippen molar-refractivity contribution in [3.8, 4) is 0 Å². The molecule has 2 rings (SSSR count). The Morgan fingerprint density at radius 3 is 2.70 bits per heavy atom. The number of carbonyl (C=O) groups is 1. The zero-order valence-electron chi connectivity index (χ0n) is 13.7. The van der Waals surface area contributed by atoms with Gasteiger partial charge in [0.05, 0.1) is 6.26 Å². The van der Waals surface area contributed by atoms with Crippen molar-refractivity contribution >= 4 is 16.1 Å². The van der Waals surface area contributed by atoms with Crippen LogP contribution in [-0.4, -0.2) is 51.3 Å². The first-order valence-corrected chi connectivity index (χ1v) is 9.79. The van der Waals surface area contributed by atoms with Crippen LogP contribution in [0.2, 0.25) is 0 Å². The summed E-state index contributed by atoms with van der Waals surface area (Å²) >= 11 is 0. The van der Waals surface area contributed by atoms with Crippen LogP contribution in [0, 0.1) is 0 Å². The summed E-state index contributed by atoms with van der Waals surface area (Å²) < 4.78 is 25.2. The molecular formula is C16H25N3O3S. The summed E-state index contributed by atoms with van der Waals surface area (Å²) in [6.45, 7) is 3.70. The van der Waals surface area contributed by atoms with E-state index in [1.165, 1.54) is 5.56 Å². The van der Waals surface area contributed by atoms with Crippen LogP contribution in [0.3, 0.4) is 0 Å². The quantitative estimate of drug-likeness (QED) is 0.853. The number of amides is 2. The summed E-state index contributed by atoms with van der Waals surface area (Å²) in [5, 5.41) is 2.94. The van der Waals surface area contributed by atoms with Crippen LogP contribution in [0.25, 0.3) is 0 Å². The number of carbonyl (C=O) groups excluding carboxylic acids is 1. The fraction of sp³-hybridized carbons (Fsp3) is 0.562. The molecule has 1 aromatic rings. The van der Waals surface area contributed by atoms with Crippen LogP contribution >= 0.6 is 0 Å². The first-order chi connectivity index (χ1) is 10.8. The Hall–Kier alpha value is -1.60. The number of urea groups is 1. The Morgan fingerprint density at radius 1 is 1.35 bits per heavy atom. The lowest BCUT2D eigenvalue weighted by Crippen LogP contribution is -2.52. The third-order valence-electron chi connectivity index (χ3n) is 4.02. The molecule has 128 valence electrons. The molecule has 0 saturated carbocycles. The summed E-state index contributed by atoms with van der Waals surface area (Å²) in [7, 11) is -3.24. The van der Waals surface area contributed by atoms with Crippen LogP contribution < -0.4 is 10.0 Å². The molecule has 0 radical (unpaired) electrons. The number of hydrogen-bond donors (Lipinski definition) is 2. The lowest BCUT2D eigenvalue weighted by Gasteiger charge is -2.33. The van der Waals surface area contributed by atoms with Crippen molar-refractivity contribution in [1.82, 2.24) is 14.9 Å². The predicted octanol–water partition coefficient (Wildman–Crippen LogP) is 1.51. The Morgan fingerprint density at radius 2 is 2.04 bits per heavy atom. The van der Waals surface area contributed by atoms with Gasteiger partial charge in [-0.25, -0.2) is 17.9 Å². The molecule has 1 heterocycles. The van der Waals surface area contributed by atoms with Crippen molar-refractivity contribution in [2.24, 2.45) is 0 Å². The minimum atomic E-state index is -3.24. The molecule has 2 amide bonds. The minimum absolute atomic E-state index is 0.132. The monoisotopic (exact) mass is 339 g/mol. The largest absolute Gasteiger partial charge is 0.337 e. The maximum atomic E-state index is 12.3. The van der Waals surface area contributed by atoms with Gasteiger partial charge in [0.25, 0.3) is 0 Å². The van der Waals surface area contributed by atoms with Gasteiger partial charge in [-0.2, -0.15) is 0 Å². The van der Waals surface area contributed by atoms with Gasteiger partial charge in [0.15, 0.2) is 0 Å². The summed E-state index contributed by atoms with van der Waals surface area (Å²) in [6.07, 6.45) is 2.71. The maximum absolute atomic E-state index is 12.3. The third-order valence-corrected chi connectivity index (χ3v) is 4.78. The number of nitrogens with one attached hydrogen (secondary N) is 2. The number of likely N-dealkylation sites (tertiary alicyclic amines) is 1. The lowest BCUT2D eigenvalue weighted by molar-refractivity contribution is 0.177. The second kappa shape index (κ2) is 7.79.